The van der Waals surface area contributed by atoms with E-state index in [9.17, 15) is 4.79 Å². The van der Waals surface area contributed by atoms with E-state index in [0.717, 1.165) is 5.56 Å². The number of thiophene rings is 1. The van der Waals surface area contributed by atoms with Gasteiger partial charge in [0.25, 0.3) is 5.95 Å². The summed E-state index contributed by atoms with van der Waals surface area (Å²) >= 11 is 1.34. The number of carbonyl (C=O) groups is 1. The van der Waals surface area contributed by atoms with Gasteiger partial charge in [-0.1, -0.05) is 11.2 Å². The average Bonchev–Trinajstić information content (AvgIpc) is 3.22. The highest BCUT2D eigenvalue weighted by atomic mass is 32.1. The van der Waals surface area contributed by atoms with Crippen LogP contribution in [0.1, 0.15) is 15.2 Å². The first-order valence-electron chi connectivity index (χ1n) is 6.19. The molecule has 9 heteroatoms. The highest BCUT2D eigenvalue weighted by Gasteiger charge is 2.08. The Kier molecular flexibility index (Phi) is 4.16. The highest BCUT2D eigenvalue weighted by molar-refractivity contribution is 7.12. The molecule has 110 valence electrons. The fourth-order valence-electron chi connectivity index (χ4n) is 1.55. The molecular formula is C13H10N6O2S. The average molecular weight is 314 g/mol. The van der Waals surface area contributed by atoms with E-state index in [2.05, 4.69) is 31.2 Å². The first kappa shape index (κ1) is 13.9. The van der Waals surface area contributed by atoms with Gasteiger partial charge in [-0.3, -0.25) is 0 Å². The maximum atomic E-state index is 11.8. The Labute approximate surface area is 128 Å². The zero-order chi connectivity index (χ0) is 15.2. The van der Waals surface area contributed by atoms with Crippen molar-refractivity contribution >= 4 is 29.5 Å². The van der Waals surface area contributed by atoms with E-state index in [-0.39, 0.29) is 11.9 Å². The second-order valence-corrected chi connectivity index (χ2v) is 4.99. The number of tetrazole rings is 1. The van der Waals surface area contributed by atoms with Crippen molar-refractivity contribution in [1.29, 1.82) is 0 Å². The van der Waals surface area contributed by atoms with Gasteiger partial charge in [-0.2, -0.15) is 10.3 Å². The molecule has 1 aromatic carbocycles. The lowest BCUT2D eigenvalue weighted by atomic mass is 10.2. The van der Waals surface area contributed by atoms with Crippen LogP contribution in [-0.4, -0.2) is 32.8 Å². The Morgan fingerprint density at radius 1 is 1.32 bits per heavy atom. The fraction of sp³-hybridized carbons (Fsp3) is 0. The zero-order valence-corrected chi connectivity index (χ0v) is 11.9. The summed E-state index contributed by atoms with van der Waals surface area (Å²) in [5, 5.41) is 18.8. The molecule has 3 rings (SSSR count). The summed E-state index contributed by atoms with van der Waals surface area (Å²) in [4.78, 5) is 12.4. The van der Waals surface area contributed by atoms with E-state index < -0.39 is 0 Å². The van der Waals surface area contributed by atoms with Gasteiger partial charge in [0.05, 0.1) is 6.21 Å². The predicted octanol–water partition coefficient (Wildman–Crippen LogP) is 1.93. The molecule has 2 aromatic heterocycles. The van der Waals surface area contributed by atoms with E-state index in [1.807, 2.05) is 5.38 Å². The number of aromatic amines is 1. The topological polar surface area (TPSA) is 105 Å². The fourth-order valence-corrected chi connectivity index (χ4v) is 2.15. The minimum atomic E-state index is -0.366. The molecule has 0 amide bonds. The molecule has 0 bridgehead atoms. The molecule has 2 heterocycles. The van der Waals surface area contributed by atoms with Gasteiger partial charge >= 0.3 is 5.97 Å². The molecule has 0 aliphatic rings. The van der Waals surface area contributed by atoms with E-state index in [0.29, 0.717) is 10.6 Å². The van der Waals surface area contributed by atoms with Crippen molar-refractivity contribution in [2.75, 3.05) is 5.43 Å². The van der Waals surface area contributed by atoms with Crippen LogP contribution in [0.15, 0.2) is 46.9 Å². The van der Waals surface area contributed by atoms with Crippen LogP contribution in [0, 0.1) is 0 Å². The largest absolute Gasteiger partial charge is 0.422 e. The Morgan fingerprint density at radius 2 is 2.18 bits per heavy atom. The van der Waals surface area contributed by atoms with E-state index in [4.69, 9.17) is 4.74 Å². The normalized spacial score (nSPS) is 10.7. The lowest BCUT2D eigenvalue weighted by molar-refractivity contribution is 0.0740. The third-order valence-corrected chi connectivity index (χ3v) is 3.39. The van der Waals surface area contributed by atoms with Crippen LogP contribution < -0.4 is 10.2 Å². The molecule has 0 spiro atoms. The summed E-state index contributed by atoms with van der Waals surface area (Å²) in [5.41, 5.74) is 3.43. The lowest BCUT2D eigenvalue weighted by Gasteiger charge is -2.02. The van der Waals surface area contributed by atoms with E-state index in [1.165, 1.54) is 11.3 Å². The smallest absolute Gasteiger partial charge is 0.353 e. The van der Waals surface area contributed by atoms with E-state index >= 15 is 0 Å². The third-order valence-electron chi connectivity index (χ3n) is 2.54. The summed E-state index contributed by atoms with van der Waals surface area (Å²) in [6, 6.07) is 10.5. The molecule has 0 unspecified atom stereocenters. The number of nitrogens with one attached hydrogen (secondary N) is 2. The van der Waals surface area contributed by atoms with Gasteiger partial charge in [-0.05, 0) is 46.5 Å². The number of hydrazone groups is 1. The Bertz CT molecular complexity index is 752. The first-order chi connectivity index (χ1) is 10.8. The standard InChI is InChI=1S/C13H10N6O2S/c20-12(11-2-1-7-22-11)21-10-5-3-9(4-6-10)8-14-15-13-16-18-19-17-13/h1-8H,(H2,15,16,17,18,19)/b14-8-. The molecule has 0 saturated carbocycles. The van der Waals surface area contributed by atoms with Gasteiger partial charge in [0.2, 0.25) is 0 Å². The summed E-state index contributed by atoms with van der Waals surface area (Å²) < 4.78 is 5.26. The molecule has 0 atom stereocenters. The second kappa shape index (κ2) is 6.59. The molecule has 0 aliphatic heterocycles. The van der Waals surface area contributed by atoms with Gasteiger partial charge in [0, 0.05) is 0 Å². The zero-order valence-electron chi connectivity index (χ0n) is 11.1. The van der Waals surface area contributed by atoms with Gasteiger partial charge in [-0.15, -0.1) is 16.4 Å². The number of H-pyrrole nitrogens is 1. The van der Waals surface area contributed by atoms with Crippen molar-refractivity contribution in [3.63, 3.8) is 0 Å². The molecule has 2 N–H and O–H groups in total. The quantitative estimate of drug-likeness (QED) is 0.323. The summed E-state index contributed by atoms with van der Waals surface area (Å²) in [6.07, 6.45) is 1.58. The number of hydrogen-bond acceptors (Lipinski definition) is 8. The van der Waals surface area contributed by atoms with Crippen LogP contribution in [0.3, 0.4) is 0 Å². The number of anilines is 1. The minimum absolute atomic E-state index is 0.276. The Balaban J connectivity index is 1.58. The van der Waals surface area contributed by atoms with Crippen molar-refractivity contribution < 1.29 is 9.53 Å². The SMILES string of the molecule is O=C(Oc1ccc(/C=N\Nc2nn[nH]n2)cc1)c1cccs1. The molecule has 3 aromatic rings. The van der Waals surface area contributed by atoms with Crippen molar-refractivity contribution in [2.45, 2.75) is 0 Å². The van der Waals surface area contributed by atoms with E-state index in [1.54, 1.807) is 42.6 Å². The van der Waals surface area contributed by atoms with Crippen molar-refractivity contribution in [3.8, 4) is 5.75 Å². The van der Waals surface area contributed by atoms with Gasteiger partial charge in [0.15, 0.2) is 0 Å². The molecule has 0 saturated heterocycles. The number of rotatable bonds is 5. The maximum Gasteiger partial charge on any atom is 0.353 e. The monoisotopic (exact) mass is 314 g/mol. The number of hydrogen-bond donors (Lipinski definition) is 2. The van der Waals surface area contributed by atoms with Crippen molar-refractivity contribution in [2.24, 2.45) is 5.10 Å². The number of ether oxygens (including phenoxy) is 1. The molecule has 0 radical (unpaired) electrons. The number of carbonyl (C=O) groups excluding carboxylic acids is 1. The molecule has 0 fully saturated rings. The number of nitrogens with zero attached hydrogens (tertiary/aromatic N) is 4. The first-order valence-corrected chi connectivity index (χ1v) is 7.07. The number of esters is 1. The van der Waals surface area contributed by atoms with Gasteiger partial charge in [0.1, 0.15) is 10.6 Å². The van der Waals surface area contributed by atoms with Crippen molar-refractivity contribution in [1.82, 2.24) is 20.6 Å². The van der Waals surface area contributed by atoms with Gasteiger partial charge < -0.3 is 4.74 Å². The number of aromatic nitrogens is 4. The maximum absolute atomic E-state index is 11.8. The molecular weight excluding hydrogens is 304 g/mol. The highest BCUT2D eigenvalue weighted by Crippen LogP contribution is 2.16. The van der Waals surface area contributed by atoms with Crippen molar-refractivity contribution in [3.05, 3.63) is 52.2 Å². The summed E-state index contributed by atoms with van der Waals surface area (Å²) in [6.45, 7) is 0. The Hall–Kier alpha value is -3.07. The predicted molar refractivity (Wildman–Crippen MR) is 81.1 cm³/mol. The lowest BCUT2D eigenvalue weighted by Crippen LogP contribution is -2.06. The number of benzene rings is 1. The Morgan fingerprint density at radius 3 is 2.86 bits per heavy atom. The van der Waals surface area contributed by atoms with Crippen LogP contribution in [0.2, 0.25) is 0 Å². The molecule has 22 heavy (non-hydrogen) atoms. The molecule has 8 nitrogen and oxygen atoms in total. The summed E-state index contributed by atoms with van der Waals surface area (Å²) in [7, 11) is 0. The molecule has 0 aliphatic carbocycles. The second-order valence-electron chi connectivity index (χ2n) is 4.04. The van der Waals surface area contributed by atoms with Crippen LogP contribution in [0.4, 0.5) is 5.95 Å². The van der Waals surface area contributed by atoms with Gasteiger partial charge in [-0.25, -0.2) is 10.2 Å². The minimum Gasteiger partial charge on any atom is -0.422 e. The summed E-state index contributed by atoms with van der Waals surface area (Å²) in [5.74, 6) is 0.384. The van der Waals surface area contributed by atoms with Crippen LogP contribution in [0.5, 0.6) is 5.75 Å². The van der Waals surface area contributed by atoms with Crippen LogP contribution in [0.25, 0.3) is 0 Å². The van der Waals surface area contributed by atoms with Crippen LogP contribution >= 0.6 is 11.3 Å². The van der Waals surface area contributed by atoms with Crippen LogP contribution in [-0.2, 0) is 0 Å². The third kappa shape index (κ3) is 3.52.